The van der Waals surface area contributed by atoms with Crippen molar-refractivity contribution < 1.29 is 17.0 Å². The van der Waals surface area contributed by atoms with Gasteiger partial charge < -0.3 is 21.9 Å². The molecule has 0 spiro atoms. The van der Waals surface area contributed by atoms with Crippen LogP contribution in [0.2, 0.25) is 0 Å². The van der Waals surface area contributed by atoms with E-state index in [2.05, 4.69) is 29.2 Å². The third-order valence-corrected chi connectivity index (χ3v) is 2.88. The molecule has 0 atom stereocenters. The molecular formula is C13H18BrMgN. The molecule has 1 nitrogen and oxygen atoms in total. The van der Waals surface area contributed by atoms with E-state index in [-0.39, 0.29) is 40.0 Å². The minimum Gasteiger partial charge on any atom is -1.00 e. The van der Waals surface area contributed by atoms with Crippen LogP contribution >= 0.6 is 0 Å². The second-order valence-electron chi connectivity index (χ2n) is 4.10. The summed E-state index contributed by atoms with van der Waals surface area (Å²) in [5.74, 6) is 0. The van der Waals surface area contributed by atoms with Gasteiger partial charge in [0, 0.05) is 0 Å². The van der Waals surface area contributed by atoms with Gasteiger partial charge in [0.05, 0.1) is 0 Å². The molecule has 1 aromatic rings. The Labute approximate surface area is 126 Å². The van der Waals surface area contributed by atoms with E-state index in [1.807, 2.05) is 6.07 Å². The van der Waals surface area contributed by atoms with Gasteiger partial charge in [-0.15, -0.1) is 5.56 Å². The van der Waals surface area contributed by atoms with Gasteiger partial charge in [-0.1, -0.05) is 12.8 Å². The molecule has 0 unspecified atom stereocenters. The quantitative estimate of drug-likeness (QED) is 0.524. The first kappa shape index (κ1) is 16.4. The van der Waals surface area contributed by atoms with Gasteiger partial charge in [-0.3, -0.25) is 0 Å². The number of hydrogen-bond acceptors (Lipinski definition) is 1. The first-order chi connectivity index (χ1) is 6.95. The minimum atomic E-state index is 0. The Balaban J connectivity index is 0.00000112. The molecule has 0 aromatic heterocycles. The standard InChI is InChI=1S/C13H18N.BrH.Mg/c1-2-7-11-14(10-6-1)12-13-8-4-3-5-9-13;;/h3-4,8-9H,1-2,6-7,10-12H2;1H;/q-1;;+2/p-1. The Morgan fingerprint density at radius 2 is 1.81 bits per heavy atom. The number of rotatable bonds is 2. The van der Waals surface area contributed by atoms with Crippen LogP contribution in [-0.2, 0) is 6.54 Å². The van der Waals surface area contributed by atoms with Crippen molar-refractivity contribution in [3.05, 3.63) is 35.9 Å². The van der Waals surface area contributed by atoms with Gasteiger partial charge >= 0.3 is 23.1 Å². The van der Waals surface area contributed by atoms with E-state index < -0.39 is 0 Å². The summed E-state index contributed by atoms with van der Waals surface area (Å²) in [5.41, 5.74) is 1.40. The van der Waals surface area contributed by atoms with Crippen molar-refractivity contribution >= 4 is 23.1 Å². The molecule has 3 heteroatoms. The topological polar surface area (TPSA) is 3.24 Å². The Kier molecular flexibility index (Phi) is 9.71. The Hall–Kier alpha value is 0.426. The van der Waals surface area contributed by atoms with Crippen LogP contribution in [0.15, 0.2) is 24.3 Å². The summed E-state index contributed by atoms with van der Waals surface area (Å²) in [5, 5.41) is 0. The van der Waals surface area contributed by atoms with Crippen LogP contribution in [-0.4, -0.2) is 41.0 Å². The number of benzene rings is 1. The SMILES string of the molecule is [Br-].[Mg+2].[c-]1cccc(CN2CCCCCC2)c1. The van der Waals surface area contributed by atoms with Crippen LogP contribution in [0.1, 0.15) is 31.2 Å². The summed E-state index contributed by atoms with van der Waals surface area (Å²) in [6.45, 7) is 3.65. The molecule has 1 fully saturated rings. The summed E-state index contributed by atoms with van der Waals surface area (Å²) >= 11 is 0. The van der Waals surface area contributed by atoms with Gasteiger partial charge in [-0.25, -0.2) is 0 Å². The van der Waals surface area contributed by atoms with Crippen molar-refractivity contribution in [2.24, 2.45) is 0 Å². The monoisotopic (exact) mass is 291 g/mol. The molecule has 0 saturated carbocycles. The maximum Gasteiger partial charge on any atom is 2.00 e. The van der Waals surface area contributed by atoms with E-state index in [0.717, 1.165) is 6.54 Å². The molecule has 2 rings (SSSR count). The molecule has 1 saturated heterocycles. The number of halogens is 1. The van der Waals surface area contributed by atoms with Gasteiger partial charge in [0.25, 0.3) is 0 Å². The predicted octanol–water partition coefficient (Wildman–Crippen LogP) is -0.514. The average Bonchev–Trinajstić information content (AvgIpc) is 2.48. The zero-order valence-corrected chi connectivity index (χ0v) is 12.8. The summed E-state index contributed by atoms with van der Waals surface area (Å²) in [6, 6.07) is 11.5. The fourth-order valence-electron chi connectivity index (χ4n) is 2.08. The van der Waals surface area contributed by atoms with Crippen LogP contribution in [0.25, 0.3) is 0 Å². The van der Waals surface area contributed by atoms with Gasteiger partial charge in [0.1, 0.15) is 0 Å². The summed E-state index contributed by atoms with van der Waals surface area (Å²) < 4.78 is 0. The van der Waals surface area contributed by atoms with E-state index >= 15 is 0 Å². The van der Waals surface area contributed by atoms with Crippen LogP contribution < -0.4 is 17.0 Å². The molecular weight excluding hydrogens is 274 g/mol. The summed E-state index contributed by atoms with van der Waals surface area (Å²) in [4.78, 5) is 2.57. The molecule has 1 heterocycles. The second kappa shape index (κ2) is 9.46. The third kappa shape index (κ3) is 5.66. The normalized spacial score (nSPS) is 16.8. The zero-order valence-electron chi connectivity index (χ0n) is 9.79. The third-order valence-electron chi connectivity index (χ3n) is 2.88. The molecule has 1 aliphatic rings. The minimum absolute atomic E-state index is 0. The molecule has 0 aliphatic carbocycles. The van der Waals surface area contributed by atoms with Crippen LogP contribution in [0, 0.1) is 6.07 Å². The largest absolute Gasteiger partial charge is 2.00 e. The van der Waals surface area contributed by atoms with Crippen molar-refractivity contribution in [2.75, 3.05) is 13.1 Å². The van der Waals surface area contributed by atoms with Crippen molar-refractivity contribution in [2.45, 2.75) is 32.2 Å². The maximum absolute atomic E-state index is 3.14. The molecule has 1 aromatic carbocycles. The molecule has 0 N–H and O–H groups in total. The summed E-state index contributed by atoms with van der Waals surface area (Å²) in [6.07, 6.45) is 5.57. The van der Waals surface area contributed by atoms with Gasteiger partial charge in [0.15, 0.2) is 0 Å². The van der Waals surface area contributed by atoms with Crippen molar-refractivity contribution in [1.82, 2.24) is 4.90 Å². The van der Waals surface area contributed by atoms with Crippen LogP contribution in [0.5, 0.6) is 0 Å². The van der Waals surface area contributed by atoms with Crippen molar-refractivity contribution in [1.29, 1.82) is 0 Å². The molecule has 84 valence electrons. The smallest absolute Gasteiger partial charge is 1.00 e. The fourth-order valence-corrected chi connectivity index (χ4v) is 2.08. The number of hydrogen-bond donors (Lipinski definition) is 0. The maximum atomic E-state index is 3.14. The van der Waals surface area contributed by atoms with Gasteiger partial charge in [-0.2, -0.15) is 30.3 Å². The van der Waals surface area contributed by atoms with Crippen LogP contribution in [0.3, 0.4) is 0 Å². The van der Waals surface area contributed by atoms with E-state index in [1.165, 1.54) is 44.3 Å². The van der Waals surface area contributed by atoms with E-state index in [9.17, 15) is 0 Å². The van der Waals surface area contributed by atoms with E-state index in [4.69, 9.17) is 0 Å². The Morgan fingerprint density at radius 1 is 1.12 bits per heavy atom. The molecule has 0 radical (unpaired) electrons. The predicted molar refractivity (Wildman–Crippen MR) is 64.8 cm³/mol. The number of nitrogens with zero attached hydrogens (tertiary/aromatic N) is 1. The molecule has 0 bridgehead atoms. The Bertz CT molecular complexity index is 258. The van der Waals surface area contributed by atoms with E-state index in [1.54, 1.807) is 0 Å². The van der Waals surface area contributed by atoms with Crippen molar-refractivity contribution in [3.8, 4) is 0 Å². The fraction of sp³-hybridized carbons (Fsp3) is 0.538. The molecule has 1 aliphatic heterocycles. The average molecular weight is 293 g/mol. The molecule has 16 heavy (non-hydrogen) atoms. The van der Waals surface area contributed by atoms with Gasteiger partial charge in [0.2, 0.25) is 0 Å². The Morgan fingerprint density at radius 3 is 2.38 bits per heavy atom. The second-order valence-corrected chi connectivity index (χ2v) is 4.10. The zero-order chi connectivity index (χ0) is 9.64. The van der Waals surface area contributed by atoms with Crippen LogP contribution in [0.4, 0.5) is 0 Å². The molecule has 0 amide bonds. The van der Waals surface area contributed by atoms with Crippen molar-refractivity contribution in [3.63, 3.8) is 0 Å². The van der Waals surface area contributed by atoms with E-state index in [0.29, 0.717) is 0 Å². The summed E-state index contributed by atoms with van der Waals surface area (Å²) in [7, 11) is 0. The number of likely N-dealkylation sites (tertiary alicyclic amines) is 1. The van der Waals surface area contributed by atoms with Gasteiger partial charge in [-0.05, 0) is 32.5 Å². The first-order valence-corrected chi connectivity index (χ1v) is 5.62. The first-order valence-electron chi connectivity index (χ1n) is 5.62.